The smallest absolute Gasteiger partial charge is 0.358 e. The number of hydrogen-bond donors (Lipinski definition) is 2. The van der Waals surface area contributed by atoms with Crippen molar-refractivity contribution < 1.29 is 9.90 Å². The minimum Gasteiger partial charge on any atom is -0.476 e. The number of carboxylic acid groups (broad SMARTS) is 1. The van der Waals surface area contributed by atoms with Crippen LogP contribution in [0.15, 0.2) is 41.3 Å². The lowest BCUT2D eigenvalue weighted by Gasteiger charge is -2.01. The molecule has 0 aliphatic heterocycles. The summed E-state index contributed by atoms with van der Waals surface area (Å²) in [5.41, 5.74) is 0.366. The van der Waals surface area contributed by atoms with Gasteiger partial charge in [-0.2, -0.15) is 0 Å². The molecule has 7 heteroatoms. The SMILES string of the molecule is O=C(O)c1nnn2cc(-c3ccccc3)[nH]c(=O)c12. The predicted octanol–water partition coefficient (Wildman–Crippen LogP) is 0.783. The van der Waals surface area contributed by atoms with Gasteiger partial charge in [-0.3, -0.25) is 4.79 Å². The summed E-state index contributed by atoms with van der Waals surface area (Å²) >= 11 is 0. The van der Waals surface area contributed by atoms with E-state index in [-0.39, 0.29) is 11.2 Å². The van der Waals surface area contributed by atoms with Gasteiger partial charge >= 0.3 is 5.97 Å². The molecular formula is C12H8N4O3. The number of fused-ring (bicyclic) bond motifs is 1. The van der Waals surface area contributed by atoms with Gasteiger partial charge in [-0.15, -0.1) is 5.10 Å². The van der Waals surface area contributed by atoms with Crippen LogP contribution >= 0.6 is 0 Å². The highest BCUT2D eigenvalue weighted by atomic mass is 16.4. The molecule has 7 nitrogen and oxygen atoms in total. The molecule has 0 bridgehead atoms. The molecule has 3 rings (SSSR count). The number of rotatable bonds is 2. The van der Waals surface area contributed by atoms with Crippen molar-refractivity contribution >= 4 is 11.5 Å². The normalized spacial score (nSPS) is 10.7. The molecule has 0 amide bonds. The van der Waals surface area contributed by atoms with Gasteiger partial charge in [0, 0.05) is 0 Å². The number of carboxylic acids is 1. The highest BCUT2D eigenvalue weighted by Crippen LogP contribution is 2.15. The van der Waals surface area contributed by atoms with Crippen LogP contribution in [-0.2, 0) is 0 Å². The molecule has 1 aromatic carbocycles. The second kappa shape index (κ2) is 4.05. The molecule has 0 spiro atoms. The van der Waals surface area contributed by atoms with E-state index in [1.807, 2.05) is 30.3 Å². The number of H-pyrrole nitrogens is 1. The van der Waals surface area contributed by atoms with Crippen LogP contribution in [0.1, 0.15) is 10.5 Å². The average Bonchev–Trinajstić information content (AvgIpc) is 2.84. The number of aromatic carboxylic acids is 1. The second-order valence-corrected chi connectivity index (χ2v) is 3.90. The maximum absolute atomic E-state index is 11.9. The van der Waals surface area contributed by atoms with Crippen molar-refractivity contribution in [2.45, 2.75) is 0 Å². The molecule has 0 radical (unpaired) electrons. The molecule has 0 saturated carbocycles. The summed E-state index contributed by atoms with van der Waals surface area (Å²) in [6.45, 7) is 0. The zero-order chi connectivity index (χ0) is 13.4. The van der Waals surface area contributed by atoms with Crippen LogP contribution in [0.4, 0.5) is 0 Å². The summed E-state index contributed by atoms with van der Waals surface area (Å²) in [4.78, 5) is 25.5. The summed E-state index contributed by atoms with van der Waals surface area (Å²) in [7, 11) is 0. The van der Waals surface area contributed by atoms with Gasteiger partial charge in [-0.25, -0.2) is 9.31 Å². The van der Waals surface area contributed by atoms with Crippen molar-refractivity contribution in [3.8, 4) is 11.3 Å². The lowest BCUT2D eigenvalue weighted by atomic mass is 10.2. The molecule has 3 aromatic rings. The van der Waals surface area contributed by atoms with Crippen molar-refractivity contribution in [1.29, 1.82) is 0 Å². The molecule has 0 aliphatic carbocycles. The quantitative estimate of drug-likeness (QED) is 0.705. The summed E-state index contributed by atoms with van der Waals surface area (Å²) < 4.78 is 1.17. The molecule has 2 N–H and O–H groups in total. The first-order valence-corrected chi connectivity index (χ1v) is 5.44. The van der Waals surface area contributed by atoms with Gasteiger partial charge in [0.25, 0.3) is 5.56 Å². The zero-order valence-corrected chi connectivity index (χ0v) is 9.57. The maximum atomic E-state index is 11.9. The van der Waals surface area contributed by atoms with E-state index in [1.165, 1.54) is 10.7 Å². The molecule has 2 aromatic heterocycles. The van der Waals surface area contributed by atoms with Gasteiger partial charge in [0.05, 0.1) is 11.9 Å². The number of carbonyl (C=O) groups is 1. The van der Waals surface area contributed by atoms with Gasteiger partial charge in [-0.05, 0) is 5.56 Å². The standard InChI is InChI=1S/C12H8N4O3/c17-11-10-9(12(18)19)14-15-16(10)6-8(13-11)7-4-2-1-3-5-7/h1-6H,(H,13,17)(H,18,19). The molecule has 0 atom stereocenters. The largest absolute Gasteiger partial charge is 0.476 e. The molecule has 94 valence electrons. The average molecular weight is 256 g/mol. The monoisotopic (exact) mass is 256 g/mol. The molecule has 0 fully saturated rings. The Morgan fingerprint density at radius 1 is 1.26 bits per heavy atom. The maximum Gasteiger partial charge on any atom is 0.358 e. The highest BCUT2D eigenvalue weighted by Gasteiger charge is 2.17. The first-order valence-electron chi connectivity index (χ1n) is 5.44. The van der Waals surface area contributed by atoms with Gasteiger partial charge in [-0.1, -0.05) is 35.5 Å². The van der Waals surface area contributed by atoms with E-state index >= 15 is 0 Å². The van der Waals surface area contributed by atoms with E-state index in [0.717, 1.165) is 5.56 Å². The summed E-state index contributed by atoms with van der Waals surface area (Å²) in [6, 6.07) is 9.18. The summed E-state index contributed by atoms with van der Waals surface area (Å²) in [6.07, 6.45) is 1.53. The fourth-order valence-electron chi connectivity index (χ4n) is 1.84. The fraction of sp³-hybridized carbons (Fsp3) is 0. The van der Waals surface area contributed by atoms with E-state index in [9.17, 15) is 9.59 Å². The van der Waals surface area contributed by atoms with Crippen LogP contribution in [0.3, 0.4) is 0 Å². The predicted molar refractivity (Wildman–Crippen MR) is 66.0 cm³/mol. The Hall–Kier alpha value is -2.96. The van der Waals surface area contributed by atoms with Crippen LogP contribution in [0.5, 0.6) is 0 Å². The second-order valence-electron chi connectivity index (χ2n) is 3.90. The molecule has 0 aliphatic rings. The Bertz CT molecular complexity index is 820. The van der Waals surface area contributed by atoms with E-state index in [4.69, 9.17) is 5.11 Å². The lowest BCUT2D eigenvalue weighted by molar-refractivity contribution is 0.0692. The van der Waals surface area contributed by atoms with Crippen LogP contribution in [-0.4, -0.2) is 30.9 Å². The lowest BCUT2D eigenvalue weighted by Crippen LogP contribution is -2.13. The number of hydrogen-bond acceptors (Lipinski definition) is 4. The molecular weight excluding hydrogens is 248 g/mol. The topological polar surface area (TPSA) is 100 Å². The molecule has 0 saturated heterocycles. The first kappa shape index (κ1) is 11.1. The van der Waals surface area contributed by atoms with Crippen molar-refractivity contribution in [3.05, 3.63) is 52.6 Å². The number of benzene rings is 1. The zero-order valence-electron chi connectivity index (χ0n) is 9.57. The van der Waals surface area contributed by atoms with Crippen LogP contribution < -0.4 is 5.56 Å². The third kappa shape index (κ3) is 1.77. The van der Waals surface area contributed by atoms with Crippen LogP contribution in [0.2, 0.25) is 0 Å². The van der Waals surface area contributed by atoms with Gasteiger partial charge in [0.2, 0.25) is 5.69 Å². The Kier molecular flexibility index (Phi) is 2.38. The third-order valence-corrected chi connectivity index (χ3v) is 2.70. The fourth-order valence-corrected chi connectivity index (χ4v) is 1.84. The summed E-state index contributed by atoms with van der Waals surface area (Å²) in [5.74, 6) is -1.28. The van der Waals surface area contributed by atoms with Gasteiger partial charge < -0.3 is 10.1 Å². The van der Waals surface area contributed by atoms with E-state index in [1.54, 1.807) is 0 Å². The van der Waals surface area contributed by atoms with E-state index in [2.05, 4.69) is 15.3 Å². The Labute approximate surface area is 106 Å². The highest BCUT2D eigenvalue weighted by molar-refractivity contribution is 5.92. The van der Waals surface area contributed by atoms with Gasteiger partial charge in [0.15, 0.2) is 5.52 Å². The third-order valence-electron chi connectivity index (χ3n) is 2.70. The van der Waals surface area contributed by atoms with E-state index < -0.39 is 11.5 Å². The first-order chi connectivity index (χ1) is 9.16. The van der Waals surface area contributed by atoms with Crippen molar-refractivity contribution in [1.82, 2.24) is 19.8 Å². The Morgan fingerprint density at radius 3 is 2.68 bits per heavy atom. The summed E-state index contributed by atoms with van der Waals surface area (Å²) in [5, 5.41) is 16.1. The molecule has 2 heterocycles. The number of aromatic nitrogens is 4. The van der Waals surface area contributed by atoms with Crippen molar-refractivity contribution in [3.63, 3.8) is 0 Å². The Morgan fingerprint density at radius 2 is 2.00 bits per heavy atom. The number of nitrogens with one attached hydrogen (secondary N) is 1. The minimum atomic E-state index is -1.28. The molecule has 0 unspecified atom stereocenters. The van der Waals surface area contributed by atoms with Crippen LogP contribution in [0, 0.1) is 0 Å². The van der Waals surface area contributed by atoms with Gasteiger partial charge in [0.1, 0.15) is 0 Å². The van der Waals surface area contributed by atoms with Crippen molar-refractivity contribution in [2.75, 3.05) is 0 Å². The minimum absolute atomic E-state index is 0.0767. The van der Waals surface area contributed by atoms with E-state index in [0.29, 0.717) is 5.69 Å². The Balaban J connectivity index is 2.28. The number of nitrogens with zero attached hydrogens (tertiary/aromatic N) is 3. The molecule has 19 heavy (non-hydrogen) atoms. The van der Waals surface area contributed by atoms with Crippen molar-refractivity contribution in [2.24, 2.45) is 0 Å². The van der Waals surface area contributed by atoms with Crippen LogP contribution in [0.25, 0.3) is 16.8 Å². The number of aromatic amines is 1.